The SMILES string of the molecule is CCNCc1ccc(-c2ccnn2CC)c(Cl)c1. The van der Waals surface area contributed by atoms with E-state index in [1.54, 1.807) is 0 Å². The molecule has 3 nitrogen and oxygen atoms in total. The van der Waals surface area contributed by atoms with E-state index in [4.69, 9.17) is 11.6 Å². The van der Waals surface area contributed by atoms with Crippen molar-refractivity contribution in [3.63, 3.8) is 0 Å². The van der Waals surface area contributed by atoms with E-state index in [9.17, 15) is 0 Å². The van der Waals surface area contributed by atoms with Crippen LogP contribution in [0.4, 0.5) is 0 Å². The van der Waals surface area contributed by atoms with Crippen molar-refractivity contribution in [1.82, 2.24) is 15.1 Å². The topological polar surface area (TPSA) is 29.9 Å². The third kappa shape index (κ3) is 2.74. The summed E-state index contributed by atoms with van der Waals surface area (Å²) in [5.41, 5.74) is 3.31. The van der Waals surface area contributed by atoms with Crippen LogP contribution in [0.3, 0.4) is 0 Å². The second kappa shape index (κ2) is 6.03. The average molecular weight is 264 g/mol. The summed E-state index contributed by atoms with van der Waals surface area (Å²) in [4.78, 5) is 0. The van der Waals surface area contributed by atoms with Crippen LogP contribution in [-0.4, -0.2) is 16.3 Å². The summed E-state index contributed by atoms with van der Waals surface area (Å²) < 4.78 is 1.95. The summed E-state index contributed by atoms with van der Waals surface area (Å²) >= 11 is 6.36. The molecular weight excluding hydrogens is 246 g/mol. The lowest BCUT2D eigenvalue weighted by molar-refractivity contribution is 0.667. The highest BCUT2D eigenvalue weighted by Crippen LogP contribution is 2.28. The van der Waals surface area contributed by atoms with Gasteiger partial charge in [0.25, 0.3) is 0 Å². The van der Waals surface area contributed by atoms with Crippen LogP contribution in [0.25, 0.3) is 11.3 Å². The Morgan fingerprint density at radius 3 is 2.78 bits per heavy atom. The van der Waals surface area contributed by atoms with Crippen molar-refractivity contribution in [3.05, 3.63) is 41.0 Å². The quantitative estimate of drug-likeness (QED) is 0.897. The first kappa shape index (κ1) is 13.1. The molecular formula is C14H18ClN3. The Kier molecular flexibility index (Phi) is 4.39. The number of hydrogen-bond donors (Lipinski definition) is 1. The Labute approximate surface area is 113 Å². The molecule has 0 spiro atoms. The lowest BCUT2D eigenvalue weighted by Gasteiger charge is -2.09. The maximum absolute atomic E-state index is 6.36. The predicted molar refractivity (Wildman–Crippen MR) is 75.7 cm³/mol. The van der Waals surface area contributed by atoms with Gasteiger partial charge in [-0.1, -0.05) is 30.7 Å². The molecule has 0 saturated heterocycles. The molecule has 0 aliphatic carbocycles. The van der Waals surface area contributed by atoms with Crippen LogP contribution in [-0.2, 0) is 13.1 Å². The first-order valence-corrected chi connectivity index (χ1v) is 6.65. The predicted octanol–water partition coefficient (Wildman–Crippen LogP) is 3.33. The second-order valence-electron chi connectivity index (χ2n) is 4.13. The second-order valence-corrected chi connectivity index (χ2v) is 4.53. The summed E-state index contributed by atoms with van der Waals surface area (Å²) in [6.45, 7) is 6.82. The van der Waals surface area contributed by atoms with Gasteiger partial charge in [0.05, 0.1) is 10.7 Å². The Morgan fingerprint density at radius 2 is 2.11 bits per heavy atom. The van der Waals surface area contributed by atoms with Crippen LogP contribution in [0.5, 0.6) is 0 Å². The summed E-state index contributed by atoms with van der Waals surface area (Å²) in [5, 5.41) is 8.34. The molecule has 0 bridgehead atoms. The maximum Gasteiger partial charge on any atom is 0.0697 e. The van der Waals surface area contributed by atoms with Crippen molar-refractivity contribution < 1.29 is 0 Å². The third-order valence-corrected chi connectivity index (χ3v) is 3.22. The van der Waals surface area contributed by atoms with Crippen molar-refractivity contribution in [2.45, 2.75) is 26.9 Å². The van der Waals surface area contributed by atoms with E-state index >= 15 is 0 Å². The zero-order valence-electron chi connectivity index (χ0n) is 10.8. The smallest absolute Gasteiger partial charge is 0.0697 e. The highest BCUT2D eigenvalue weighted by Gasteiger charge is 2.08. The van der Waals surface area contributed by atoms with Gasteiger partial charge in [0.2, 0.25) is 0 Å². The highest BCUT2D eigenvalue weighted by molar-refractivity contribution is 6.33. The molecule has 1 aromatic carbocycles. The molecule has 2 rings (SSSR count). The summed E-state index contributed by atoms with van der Waals surface area (Å²) in [6.07, 6.45) is 1.81. The third-order valence-electron chi connectivity index (χ3n) is 2.90. The van der Waals surface area contributed by atoms with Gasteiger partial charge in [-0.3, -0.25) is 4.68 Å². The Bertz CT molecular complexity index is 520. The van der Waals surface area contributed by atoms with Gasteiger partial charge < -0.3 is 5.32 Å². The molecule has 2 aromatic rings. The van der Waals surface area contributed by atoms with Gasteiger partial charge in [-0.15, -0.1) is 0 Å². The van der Waals surface area contributed by atoms with Gasteiger partial charge in [-0.2, -0.15) is 5.10 Å². The molecule has 4 heteroatoms. The number of hydrogen-bond acceptors (Lipinski definition) is 2. The average Bonchev–Trinajstić information content (AvgIpc) is 2.84. The zero-order chi connectivity index (χ0) is 13.0. The van der Waals surface area contributed by atoms with Crippen molar-refractivity contribution in [2.24, 2.45) is 0 Å². The minimum absolute atomic E-state index is 0.778. The number of aryl methyl sites for hydroxylation is 1. The number of aromatic nitrogens is 2. The van der Waals surface area contributed by atoms with Crippen LogP contribution in [0.2, 0.25) is 5.02 Å². The van der Waals surface area contributed by atoms with Gasteiger partial charge in [0.15, 0.2) is 0 Å². The van der Waals surface area contributed by atoms with Crippen LogP contribution < -0.4 is 5.32 Å². The Balaban J connectivity index is 2.30. The molecule has 0 unspecified atom stereocenters. The van der Waals surface area contributed by atoms with Crippen molar-refractivity contribution in [1.29, 1.82) is 0 Å². The van der Waals surface area contributed by atoms with E-state index in [2.05, 4.69) is 36.4 Å². The molecule has 0 atom stereocenters. The van der Waals surface area contributed by atoms with Crippen molar-refractivity contribution in [3.8, 4) is 11.3 Å². The van der Waals surface area contributed by atoms with Gasteiger partial charge >= 0.3 is 0 Å². The lowest BCUT2D eigenvalue weighted by atomic mass is 10.1. The molecule has 1 aromatic heterocycles. The Morgan fingerprint density at radius 1 is 1.28 bits per heavy atom. The first-order valence-electron chi connectivity index (χ1n) is 6.27. The van der Waals surface area contributed by atoms with Crippen LogP contribution >= 0.6 is 11.6 Å². The molecule has 0 fully saturated rings. The summed E-state index contributed by atoms with van der Waals surface area (Å²) in [6, 6.07) is 8.19. The Hall–Kier alpha value is -1.32. The first-order chi connectivity index (χ1) is 8.76. The van der Waals surface area contributed by atoms with Crippen molar-refractivity contribution >= 4 is 11.6 Å². The fraction of sp³-hybridized carbons (Fsp3) is 0.357. The lowest BCUT2D eigenvalue weighted by Crippen LogP contribution is -2.11. The summed E-state index contributed by atoms with van der Waals surface area (Å²) in [5.74, 6) is 0. The fourth-order valence-electron chi connectivity index (χ4n) is 1.96. The zero-order valence-corrected chi connectivity index (χ0v) is 11.5. The molecule has 96 valence electrons. The number of nitrogens with zero attached hydrogens (tertiary/aromatic N) is 2. The molecule has 0 aliphatic rings. The molecule has 1 heterocycles. The van der Waals surface area contributed by atoms with Gasteiger partial charge in [0.1, 0.15) is 0 Å². The molecule has 0 radical (unpaired) electrons. The van der Waals surface area contributed by atoms with Crippen LogP contribution in [0.1, 0.15) is 19.4 Å². The summed E-state index contributed by atoms with van der Waals surface area (Å²) in [7, 11) is 0. The van der Waals surface area contributed by atoms with E-state index in [1.165, 1.54) is 5.56 Å². The molecule has 0 amide bonds. The van der Waals surface area contributed by atoms with Gasteiger partial charge in [-0.25, -0.2) is 0 Å². The van der Waals surface area contributed by atoms with Gasteiger partial charge in [0, 0.05) is 24.8 Å². The monoisotopic (exact) mass is 263 g/mol. The minimum atomic E-state index is 0.778. The van der Waals surface area contributed by atoms with E-state index in [0.29, 0.717) is 0 Å². The highest BCUT2D eigenvalue weighted by atomic mass is 35.5. The molecule has 0 aliphatic heterocycles. The van der Waals surface area contributed by atoms with E-state index in [0.717, 1.165) is 35.9 Å². The minimum Gasteiger partial charge on any atom is -0.313 e. The number of benzene rings is 1. The number of halogens is 1. The van der Waals surface area contributed by atoms with Crippen LogP contribution in [0.15, 0.2) is 30.5 Å². The standard InChI is InChI=1S/C14H18ClN3/c1-3-16-10-11-5-6-12(13(15)9-11)14-7-8-17-18(14)4-2/h5-9,16H,3-4,10H2,1-2H3. The molecule has 0 saturated carbocycles. The van der Waals surface area contributed by atoms with Crippen LogP contribution in [0, 0.1) is 0 Å². The van der Waals surface area contributed by atoms with Crippen molar-refractivity contribution in [2.75, 3.05) is 6.54 Å². The fourth-order valence-corrected chi connectivity index (χ4v) is 2.26. The number of nitrogens with one attached hydrogen (secondary N) is 1. The molecule has 1 N–H and O–H groups in total. The van der Waals surface area contributed by atoms with E-state index in [1.807, 2.05) is 23.0 Å². The van der Waals surface area contributed by atoms with E-state index in [-0.39, 0.29) is 0 Å². The van der Waals surface area contributed by atoms with E-state index < -0.39 is 0 Å². The maximum atomic E-state index is 6.36. The molecule has 18 heavy (non-hydrogen) atoms. The van der Waals surface area contributed by atoms with Gasteiger partial charge in [-0.05, 0) is 31.2 Å². The largest absolute Gasteiger partial charge is 0.313 e. The normalized spacial score (nSPS) is 10.8. The number of rotatable bonds is 5.